The number of methoxy groups -OCH3 is 1. The van der Waals surface area contributed by atoms with Crippen LogP contribution >= 0.6 is 12.4 Å². The summed E-state index contributed by atoms with van der Waals surface area (Å²) < 4.78 is 24.2. The first kappa shape index (κ1) is 15.8. The lowest BCUT2D eigenvalue weighted by atomic mass is 10.1. The molecular weight excluding hydrogens is 283 g/mol. The van der Waals surface area contributed by atoms with E-state index >= 15 is 0 Å². The summed E-state index contributed by atoms with van der Waals surface area (Å²) >= 11 is 0. The van der Waals surface area contributed by atoms with Crippen LogP contribution in [0.2, 0.25) is 0 Å². The Morgan fingerprint density at radius 1 is 1.10 bits per heavy atom. The summed E-state index contributed by atoms with van der Waals surface area (Å²) in [7, 11) is 1.57. The first-order valence-corrected chi connectivity index (χ1v) is 5.56. The van der Waals surface area contributed by atoms with Crippen LogP contribution in [0.1, 0.15) is 5.56 Å². The summed E-state index contributed by atoms with van der Waals surface area (Å²) in [6, 6.07) is 11.1. The maximum atomic E-state index is 13.6. The van der Waals surface area contributed by atoms with Gasteiger partial charge in [-0.3, -0.25) is 5.41 Å². The Kier molecular flexibility index (Phi) is 5.34. The van der Waals surface area contributed by atoms with Crippen LogP contribution in [0.25, 0.3) is 0 Å². The molecule has 3 N–H and O–H groups in total. The van der Waals surface area contributed by atoms with Crippen molar-refractivity contribution < 1.29 is 13.9 Å². The molecule has 0 aromatic heterocycles. The lowest BCUT2D eigenvalue weighted by Crippen LogP contribution is -2.14. The van der Waals surface area contributed by atoms with Crippen molar-refractivity contribution in [2.24, 2.45) is 5.73 Å². The standard InChI is InChI=1S/C14H13FN2O2.ClH/c1-18-9-5-7-10(8-6-9)19-12-4-2-3-11(15)13(12)14(16)17;/h2-8H,1H3,(H3,16,17);1H. The minimum Gasteiger partial charge on any atom is -0.497 e. The molecule has 0 bridgehead atoms. The molecule has 0 amide bonds. The first-order chi connectivity index (χ1) is 9.11. The highest BCUT2D eigenvalue weighted by atomic mass is 35.5. The number of hydrogen-bond donors (Lipinski definition) is 2. The van der Waals surface area contributed by atoms with Crippen LogP contribution in [0.3, 0.4) is 0 Å². The molecule has 106 valence electrons. The minimum atomic E-state index is -0.585. The van der Waals surface area contributed by atoms with Crippen LogP contribution in [0.5, 0.6) is 17.2 Å². The SMILES string of the molecule is COc1ccc(Oc2cccc(F)c2C(=N)N)cc1.Cl. The number of rotatable bonds is 4. The molecule has 20 heavy (non-hydrogen) atoms. The molecule has 2 aromatic carbocycles. The average molecular weight is 297 g/mol. The monoisotopic (exact) mass is 296 g/mol. The predicted octanol–water partition coefficient (Wildman–Crippen LogP) is 3.33. The fourth-order valence-electron chi connectivity index (χ4n) is 1.62. The van der Waals surface area contributed by atoms with Crippen LogP contribution in [0, 0.1) is 11.2 Å². The van der Waals surface area contributed by atoms with Gasteiger partial charge in [0.25, 0.3) is 0 Å². The zero-order chi connectivity index (χ0) is 13.8. The Hall–Kier alpha value is -2.27. The number of nitrogen functional groups attached to an aromatic ring is 1. The average Bonchev–Trinajstić information content (AvgIpc) is 2.39. The molecule has 2 aromatic rings. The van der Waals surface area contributed by atoms with Gasteiger partial charge in [-0.2, -0.15) is 0 Å². The van der Waals surface area contributed by atoms with E-state index in [9.17, 15) is 4.39 Å². The molecule has 0 aliphatic heterocycles. The molecule has 0 heterocycles. The molecule has 4 nitrogen and oxygen atoms in total. The Bertz CT molecular complexity index is 603. The van der Waals surface area contributed by atoms with Crippen LogP contribution in [0.4, 0.5) is 4.39 Å². The Balaban J connectivity index is 0.00000200. The molecule has 0 saturated heterocycles. The van der Waals surface area contributed by atoms with E-state index in [2.05, 4.69) is 0 Å². The lowest BCUT2D eigenvalue weighted by molar-refractivity contribution is 0.412. The van der Waals surface area contributed by atoms with E-state index in [0.717, 1.165) is 0 Å². The maximum Gasteiger partial charge on any atom is 0.141 e. The van der Waals surface area contributed by atoms with Crippen molar-refractivity contribution in [2.75, 3.05) is 7.11 Å². The summed E-state index contributed by atoms with van der Waals surface area (Å²) in [5.74, 6) is 0.449. The Morgan fingerprint density at radius 3 is 2.25 bits per heavy atom. The van der Waals surface area contributed by atoms with Crippen LogP contribution in [0.15, 0.2) is 42.5 Å². The van der Waals surface area contributed by atoms with Gasteiger partial charge in [0, 0.05) is 0 Å². The first-order valence-electron chi connectivity index (χ1n) is 5.56. The second-order valence-electron chi connectivity index (χ2n) is 3.80. The molecule has 6 heteroatoms. The highest BCUT2D eigenvalue weighted by molar-refractivity contribution is 5.98. The van der Waals surface area contributed by atoms with Gasteiger partial charge in [-0.1, -0.05) is 6.07 Å². The topological polar surface area (TPSA) is 68.3 Å². The minimum absolute atomic E-state index is 0. The third-order valence-electron chi connectivity index (χ3n) is 2.53. The fourth-order valence-corrected chi connectivity index (χ4v) is 1.62. The number of nitrogens with one attached hydrogen (secondary N) is 1. The Labute approximate surface area is 122 Å². The molecule has 0 radical (unpaired) electrons. The molecule has 0 saturated carbocycles. The molecule has 0 atom stereocenters. The van der Waals surface area contributed by atoms with Gasteiger partial charge in [-0.25, -0.2) is 4.39 Å². The van der Waals surface area contributed by atoms with Crippen molar-refractivity contribution >= 4 is 18.2 Å². The van der Waals surface area contributed by atoms with E-state index in [1.165, 1.54) is 12.1 Å². The number of halogens is 2. The molecular formula is C14H14ClFN2O2. The van der Waals surface area contributed by atoms with E-state index < -0.39 is 5.82 Å². The second kappa shape index (κ2) is 6.77. The number of benzene rings is 2. The molecule has 0 aliphatic rings. The third-order valence-corrected chi connectivity index (χ3v) is 2.53. The van der Waals surface area contributed by atoms with Crippen molar-refractivity contribution in [3.63, 3.8) is 0 Å². The van der Waals surface area contributed by atoms with Crippen molar-refractivity contribution in [1.82, 2.24) is 0 Å². The summed E-state index contributed by atoms with van der Waals surface area (Å²) in [5, 5.41) is 7.38. The van der Waals surface area contributed by atoms with Gasteiger partial charge in [0.2, 0.25) is 0 Å². The number of nitrogens with two attached hydrogens (primary N) is 1. The number of amidine groups is 1. The van der Waals surface area contributed by atoms with Crippen LogP contribution in [-0.2, 0) is 0 Å². The quantitative estimate of drug-likeness (QED) is 0.671. The zero-order valence-electron chi connectivity index (χ0n) is 10.7. The summed E-state index contributed by atoms with van der Waals surface area (Å²) in [4.78, 5) is 0. The second-order valence-corrected chi connectivity index (χ2v) is 3.80. The highest BCUT2D eigenvalue weighted by Crippen LogP contribution is 2.28. The van der Waals surface area contributed by atoms with Crippen molar-refractivity contribution in [2.45, 2.75) is 0 Å². The van der Waals surface area contributed by atoms with E-state index in [0.29, 0.717) is 11.5 Å². The van der Waals surface area contributed by atoms with E-state index in [1.54, 1.807) is 37.4 Å². The van der Waals surface area contributed by atoms with Gasteiger partial charge in [0.1, 0.15) is 28.9 Å². The smallest absolute Gasteiger partial charge is 0.141 e. The van der Waals surface area contributed by atoms with Crippen LogP contribution in [-0.4, -0.2) is 12.9 Å². The normalized spacial score (nSPS) is 9.50. The lowest BCUT2D eigenvalue weighted by Gasteiger charge is -2.11. The van der Waals surface area contributed by atoms with Crippen molar-refractivity contribution in [3.8, 4) is 17.2 Å². The molecule has 0 unspecified atom stereocenters. The van der Waals surface area contributed by atoms with Gasteiger partial charge >= 0.3 is 0 Å². The van der Waals surface area contributed by atoms with E-state index in [-0.39, 0.29) is 29.6 Å². The summed E-state index contributed by atoms with van der Waals surface area (Å²) in [5.41, 5.74) is 5.31. The van der Waals surface area contributed by atoms with Crippen LogP contribution < -0.4 is 15.2 Å². The Morgan fingerprint density at radius 2 is 1.70 bits per heavy atom. The van der Waals surface area contributed by atoms with Gasteiger partial charge in [-0.05, 0) is 36.4 Å². The molecule has 2 rings (SSSR count). The largest absolute Gasteiger partial charge is 0.497 e. The fraction of sp³-hybridized carbons (Fsp3) is 0.0714. The predicted molar refractivity (Wildman–Crippen MR) is 77.7 cm³/mol. The van der Waals surface area contributed by atoms with Crippen molar-refractivity contribution in [1.29, 1.82) is 5.41 Å². The van der Waals surface area contributed by atoms with E-state index in [1.807, 2.05) is 0 Å². The third kappa shape index (κ3) is 3.39. The van der Waals surface area contributed by atoms with Crippen molar-refractivity contribution in [3.05, 3.63) is 53.8 Å². The van der Waals surface area contributed by atoms with E-state index in [4.69, 9.17) is 20.6 Å². The van der Waals surface area contributed by atoms with Gasteiger partial charge in [0.15, 0.2) is 0 Å². The summed E-state index contributed by atoms with van der Waals surface area (Å²) in [6.07, 6.45) is 0. The number of hydrogen-bond acceptors (Lipinski definition) is 3. The van der Waals surface area contributed by atoms with Gasteiger partial charge in [0.05, 0.1) is 12.7 Å². The van der Waals surface area contributed by atoms with Gasteiger partial charge in [-0.15, -0.1) is 12.4 Å². The highest BCUT2D eigenvalue weighted by Gasteiger charge is 2.13. The molecule has 0 fully saturated rings. The van der Waals surface area contributed by atoms with Gasteiger partial charge < -0.3 is 15.2 Å². The zero-order valence-corrected chi connectivity index (χ0v) is 11.5. The maximum absolute atomic E-state index is 13.6. The molecule has 0 spiro atoms. The molecule has 0 aliphatic carbocycles. The summed E-state index contributed by atoms with van der Waals surface area (Å²) in [6.45, 7) is 0. The number of ether oxygens (including phenoxy) is 2.